The van der Waals surface area contributed by atoms with Crippen LogP contribution in [0.25, 0.3) is 0 Å². The number of carboxylic acids is 1. The maximum Gasteiger partial charge on any atom is 0.303 e. The van der Waals surface area contributed by atoms with E-state index in [4.69, 9.17) is 5.11 Å². The van der Waals surface area contributed by atoms with Gasteiger partial charge in [0.1, 0.15) is 0 Å². The molecule has 110 valence electrons. The van der Waals surface area contributed by atoms with Gasteiger partial charge in [-0.1, -0.05) is 26.2 Å². The lowest BCUT2D eigenvalue weighted by atomic mass is 9.69. The summed E-state index contributed by atoms with van der Waals surface area (Å²) in [4.78, 5) is 25.6. The van der Waals surface area contributed by atoms with Gasteiger partial charge in [-0.05, 0) is 36.8 Å². The van der Waals surface area contributed by atoms with Gasteiger partial charge in [-0.15, -0.1) is 11.3 Å². The van der Waals surface area contributed by atoms with Gasteiger partial charge in [-0.2, -0.15) is 0 Å². The van der Waals surface area contributed by atoms with Gasteiger partial charge in [0.15, 0.2) is 5.78 Å². The third kappa shape index (κ3) is 3.69. The molecule has 20 heavy (non-hydrogen) atoms. The molecule has 0 unspecified atom stereocenters. The predicted octanol–water partition coefficient (Wildman–Crippen LogP) is 4.31. The Morgan fingerprint density at radius 1 is 1.20 bits per heavy atom. The van der Waals surface area contributed by atoms with Crippen LogP contribution in [-0.4, -0.2) is 16.9 Å². The highest BCUT2D eigenvalue weighted by Crippen LogP contribution is 2.43. The fourth-order valence-electron chi connectivity index (χ4n) is 3.18. The van der Waals surface area contributed by atoms with Crippen molar-refractivity contribution in [2.45, 2.75) is 58.3 Å². The molecule has 2 rings (SSSR count). The normalized spacial score (nSPS) is 17.9. The highest BCUT2D eigenvalue weighted by molar-refractivity contribution is 7.14. The maximum atomic E-state index is 12.4. The van der Waals surface area contributed by atoms with Gasteiger partial charge in [0.05, 0.1) is 11.3 Å². The van der Waals surface area contributed by atoms with Crippen LogP contribution >= 0.6 is 11.3 Å². The molecule has 1 fully saturated rings. The Morgan fingerprint density at radius 2 is 1.90 bits per heavy atom. The van der Waals surface area contributed by atoms with E-state index in [9.17, 15) is 9.59 Å². The van der Waals surface area contributed by atoms with Crippen LogP contribution in [0, 0.1) is 5.41 Å². The zero-order chi connectivity index (χ0) is 14.6. The molecule has 1 aliphatic rings. The molecule has 0 saturated heterocycles. The van der Waals surface area contributed by atoms with Crippen LogP contribution in [0.4, 0.5) is 0 Å². The van der Waals surface area contributed by atoms with Gasteiger partial charge >= 0.3 is 5.97 Å². The van der Waals surface area contributed by atoms with Crippen molar-refractivity contribution in [2.75, 3.05) is 0 Å². The predicted molar refractivity (Wildman–Crippen MR) is 80.4 cm³/mol. The number of carbonyl (C=O) groups excluding carboxylic acids is 1. The minimum absolute atomic E-state index is 0.123. The molecule has 0 aromatic carbocycles. The summed E-state index contributed by atoms with van der Waals surface area (Å²) < 4.78 is 0. The monoisotopic (exact) mass is 294 g/mol. The summed E-state index contributed by atoms with van der Waals surface area (Å²) >= 11 is 1.55. The third-order valence-corrected chi connectivity index (χ3v) is 5.53. The molecule has 1 aromatic heterocycles. The first-order chi connectivity index (χ1) is 9.54. The van der Waals surface area contributed by atoms with Gasteiger partial charge in [0.25, 0.3) is 0 Å². The zero-order valence-corrected chi connectivity index (χ0v) is 12.8. The molecular formula is C16H22O3S. The number of aryl methyl sites for hydroxylation is 1. The average Bonchev–Trinajstić information content (AvgIpc) is 2.87. The third-order valence-electron chi connectivity index (χ3n) is 4.26. The molecule has 3 nitrogen and oxygen atoms in total. The lowest BCUT2D eigenvalue weighted by Crippen LogP contribution is -2.30. The van der Waals surface area contributed by atoms with Crippen molar-refractivity contribution >= 4 is 23.1 Å². The van der Waals surface area contributed by atoms with E-state index in [-0.39, 0.29) is 17.6 Å². The highest BCUT2D eigenvalue weighted by Gasteiger charge is 2.36. The van der Waals surface area contributed by atoms with E-state index in [1.54, 1.807) is 11.3 Å². The molecule has 1 heterocycles. The van der Waals surface area contributed by atoms with Gasteiger partial charge in [-0.25, -0.2) is 0 Å². The first kappa shape index (κ1) is 15.2. The SMILES string of the molecule is CCc1ccc(C(=O)CC2(CC(=O)O)CCCCC2)s1. The van der Waals surface area contributed by atoms with Crippen molar-refractivity contribution in [1.29, 1.82) is 0 Å². The second-order valence-corrected chi connectivity index (χ2v) is 7.02. The molecule has 0 spiro atoms. The number of aliphatic carboxylic acids is 1. The second kappa shape index (κ2) is 6.53. The Kier molecular flexibility index (Phi) is 4.97. The molecule has 1 saturated carbocycles. The van der Waals surface area contributed by atoms with Crippen LogP contribution in [0.5, 0.6) is 0 Å². The molecule has 1 aliphatic carbocycles. The molecule has 0 bridgehead atoms. The Morgan fingerprint density at radius 3 is 2.45 bits per heavy atom. The van der Waals surface area contributed by atoms with Gasteiger partial charge < -0.3 is 5.11 Å². The van der Waals surface area contributed by atoms with Crippen LogP contribution in [0.2, 0.25) is 0 Å². The summed E-state index contributed by atoms with van der Waals surface area (Å²) in [5.41, 5.74) is -0.308. The largest absolute Gasteiger partial charge is 0.481 e. The molecule has 0 radical (unpaired) electrons. The Balaban J connectivity index is 2.10. The number of hydrogen-bond donors (Lipinski definition) is 1. The van der Waals surface area contributed by atoms with Crippen molar-refractivity contribution in [3.63, 3.8) is 0 Å². The summed E-state index contributed by atoms with van der Waals surface area (Å²) in [6.07, 6.45) is 6.46. The number of rotatable bonds is 6. The summed E-state index contributed by atoms with van der Waals surface area (Å²) in [5, 5.41) is 9.15. The van der Waals surface area contributed by atoms with Crippen molar-refractivity contribution in [2.24, 2.45) is 5.41 Å². The standard InChI is InChI=1S/C16H22O3S/c1-2-12-6-7-14(20-12)13(17)10-16(11-15(18)19)8-4-3-5-9-16/h6-7H,2-5,8-11H2,1H3,(H,18,19). The van der Waals surface area contributed by atoms with E-state index in [2.05, 4.69) is 6.92 Å². The Bertz CT molecular complexity index is 484. The lowest BCUT2D eigenvalue weighted by Gasteiger charge is -2.35. The molecular weight excluding hydrogens is 272 g/mol. The molecule has 1 aromatic rings. The van der Waals surface area contributed by atoms with E-state index in [1.807, 2.05) is 12.1 Å². The molecule has 4 heteroatoms. The summed E-state index contributed by atoms with van der Waals surface area (Å²) in [6, 6.07) is 3.89. The van der Waals surface area contributed by atoms with Crippen LogP contribution in [-0.2, 0) is 11.2 Å². The number of thiophene rings is 1. The topological polar surface area (TPSA) is 54.4 Å². The summed E-state index contributed by atoms with van der Waals surface area (Å²) in [7, 11) is 0. The number of hydrogen-bond acceptors (Lipinski definition) is 3. The zero-order valence-electron chi connectivity index (χ0n) is 12.0. The van der Waals surface area contributed by atoms with E-state index < -0.39 is 5.97 Å². The van der Waals surface area contributed by atoms with E-state index >= 15 is 0 Å². The summed E-state index contributed by atoms with van der Waals surface area (Å²) in [6.45, 7) is 2.08. The first-order valence-corrected chi connectivity index (χ1v) is 8.20. The Labute approximate surface area is 124 Å². The van der Waals surface area contributed by atoms with Crippen molar-refractivity contribution < 1.29 is 14.7 Å². The minimum Gasteiger partial charge on any atom is -0.481 e. The minimum atomic E-state index is -0.778. The molecule has 0 atom stereocenters. The molecule has 0 amide bonds. The number of carbonyl (C=O) groups is 2. The van der Waals surface area contributed by atoms with E-state index in [1.165, 1.54) is 4.88 Å². The van der Waals surface area contributed by atoms with Crippen LogP contribution < -0.4 is 0 Å². The average molecular weight is 294 g/mol. The van der Waals surface area contributed by atoms with Crippen LogP contribution in [0.3, 0.4) is 0 Å². The quantitative estimate of drug-likeness (QED) is 0.795. The number of Topliss-reactive ketones (excluding diaryl/α,β-unsaturated/α-hetero) is 1. The maximum absolute atomic E-state index is 12.4. The highest BCUT2D eigenvalue weighted by atomic mass is 32.1. The van der Waals surface area contributed by atoms with Crippen molar-refractivity contribution in [1.82, 2.24) is 0 Å². The van der Waals surface area contributed by atoms with Gasteiger partial charge in [0.2, 0.25) is 0 Å². The van der Waals surface area contributed by atoms with Gasteiger partial charge in [0, 0.05) is 11.3 Å². The number of ketones is 1. The van der Waals surface area contributed by atoms with Crippen LogP contribution in [0.15, 0.2) is 12.1 Å². The molecule has 1 N–H and O–H groups in total. The van der Waals surface area contributed by atoms with Crippen molar-refractivity contribution in [3.8, 4) is 0 Å². The van der Waals surface area contributed by atoms with Crippen LogP contribution in [0.1, 0.15) is 66.4 Å². The fourth-order valence-corrected chi connectivity index (χ4v) is 4.07. The van der Waals surface area contributed by atoms with Crippen molar-refractivity contribution in [3.05, 3.63) is 21.9 Å². The smallest absolute Gasteiger partial charge is 0.303 e. The first-order valence-electron chi connectivity index (χ1n) is 7.38. The summed E-state index contributed by atoms with van der Waals surface area (Å²) in [5.74, 6) is -0.655. The molecule has 0 aliphatic heterocycles. The fraction of sp³-hybridized carbons (Fsp3) is 0.625. The lowest BCUT2D eigenvalue weighted by molar-refractivity contribution is -0.140. The number of carboxylic acid groups (broad SMARTS) is 1. The van der Waals surface area contributed by atoms with E-state index in [0.29, 0.717) is 6.42 Å². The van der Waals surface area contributed by atoms with Gasteiger partial charge in [-0.3, -0.25) is 9.59 Å². The Hall–Kier alpha value is -1.16. The second-order valence-electron chi connectivity index (χ2n) is 5.85. The van der Waals surface area contributed by atoms with E-state index in [0.717, 1.165) is 43.4 Å².